The van der Waals surface area contributed by atoms with Crippen molar-refractivity contribution >= 4 is 16.8 Å². The lowest BCUT2D eigenvalue weighted by atomic mass is 10.1. The number of carbonyl (C=O) groups is 1. The average Bonchev–Trinajstić information content (AvgIpc) is 2.85. The number of carbonyl (C=O) groups excluding carboxylic acids is 1. The Morgan fingerprint density at radius 2 is 2.37 bits per heavy atom. The molecule has 0 spiro atoms. The Kier molecular flexibility index (Phi) is 4.13. The molecule has 2 rings (SSSR count). The lowest BCUT2D eigenvalue weighted by Gasteiger charge is -2.20. The quantitative estimate of drug-likeness (QED) is 0.830. The van der Waals surface area contributed by atoms with Gasteiger partial charge in [-0.25, -0.2) is 0 Å². The summed E-state index contributed by atoms with van der Waals surface area (Å²) in [4.78, 5) is 13.7. The van der Waals surface area contributed by atoms with Crippen LogP contribution in [0.5, 0.6) is 0 Å². The summed E-state index contributed by atoms with van der Waals surface area (Å²) in [5.74, 6) is -0.147. The van der Waals surface area contributed by atoms with Crippen molar-refractivity contribution in [3.05, 3.63) is 30.0 Å². The number of amides is 1. The van der Waals surface area contributed by atoms with Gasteiger partial charge in [0.2, 0.25) is 0 Å². The van der Waals surface area contributed by atoms with Crippen molar-refractivity contribution in [2.75, 3.05) is 27.3 Å². The van der Waals surface area contributed by atoms with Gasteiger partial charge in [-0.05, 0) is 12.1 Å². The molecule has 2 aromatic rings. The number of hydrogen-bond acceptors (Lipinski definition) is 4. The summed E-state index contributed by atoms with van der Waals surface area (Å²) < 4.78 is 4.84. The minimum Gasteiger partial charge on any atom is -0.389 e. The predicted molar refractivity (Wildman–Crippen MR) is 70.9 cm³/mol. The number of nitrogens with one attached hydrogen (secondary N) is 1. The molecule has 102 valence electrons. The number of nitrogens with zero attached hydrogens (tertiary/aromatic N) is 2. The first-order valence-corrected chi connectivity index (χ1v) is 5.97. The van der Waals surface area contributed by atoms with Gasteiger partial charge in [-0.3, -0.25) is 9.89 Å². The third-order valence-corrected chi connectivity index (χ3v) is 2.88. The van der Waals surface area contributed by atoms with Crippen LogP contribution in [0.15, 0.2) is 24.4 Å². The Morgan fingerprint density at radius 1 is 1.58 bits per heavy atom. The molecule has 0 aliphatic rings. The fraction of sp³-hybridized carbons (Fsp3) is 0.385. The SMILES string of the molecule is COCC(O)CN(C)C(=O)c1ccc2cn[nH]c2c1. The van der Waals surface area contributed by atoms with Gasteiger partial charge in [0.1, 0.15) is 0 Å². The first-order valence-electron chi connectivity index (χ1n) is 5.97. The number of fused-ring (bicyclic) bond motifs is 1. The van der Waals surface area contributed by atoms with Crippen molar-refractivity contribution < 1.29 is 14.6 Å². The summed E-state index contributed by atoms with van der Waals surface area (Å²) in [6.07, 6.45) is 1.02. The number of benzene rings is 1. The van der Waals surface area contributed by atoms with Crippen LogP contribution in [-0.2, 0) is 4.74 Å². The average molecular weight is 263 g/mol. The van der Waals surface area contributed by atoms with Gasteiger partial charge < -0.3 is 14.7 Å². The fourth-order valence-electron chi connectivity index (χ4n) is 1.93. The monoisotopic (exact) mass is 263 g/mol. The minimum absolute atomic E-state index is 0.147. The highest BCUT2D eigenvalue weighted by molar-refractivity contribution is 5.97. The lowest BCUT2D eigenvalue weighted by Crippen LogP contribution is -2.36. The van der Waals surface area contributed by atoms with Gasteiger partial charge in [-0.15, -0.1) is 0 Å². The first-order chi connectivity index (χ1) is 9.11. The molecule has 0 fully saturated rings. The van der Waals surface area contributed by atoms with Gasteiger partial charge in [0.25, 0.3) is 5.91 Å². The number of ether oxygens (including phenoxy) is 1. The predicted octanol–water partition coefficient (Wildman–Crippen LogP) is 0.642. The number of methoxy groups -OCH3 is 1. The first kappa shape index (κ1) is 13.5. The van der Waals surface area contributed by atoms with Crippen molar-refractivity contribution in [2.45, 2.75) is 6.10 Å². The van der Waals surface area contributed by atoms with E-state index < -0.39 is 6.10 Å². The molecule has 1 aromatic heterocycles. The number of aromatic amines is 1. The summed E-state index contributed by atoms with van der Waals surface area (Å²) >= 11 is 0. The third kappa shape index (κ3) is 3.10. The van der Waals surface area contributed by atoms with Crippen molar-refractivity contribution in [1.82, 2.24) is 15.1 Å². The van der Waals surface area contributed by atoms with Gasteiger partial charge in [-0.2, -0.15) is 5.10 Å². The van der Waals surface area contributed by atoms with Gasteiger partial charge in [0.15, 0.2) is 0 Å². The zero-order valence-electron chi connectivity index (χ0n) is 11.0. The maximum atomic E-state index is 12.2. The van der Waals surface area contributed by atoms with Crippen LogP contribution in [0.1, 0.15) is 10.4 Å². The van der Waals surface area contributed by atoms with Crippen molar-refractivity contribution in [2.24, 2.45) is 0 Å². The van der Waals surface area contributed by atoms with Crippen LogP contribution in [0.2, 0.25) is 0 Å². The molecule has 1 unspecified atom stereocenters. The molecule has 0 aliphatic carbocycles. The molecule has 1 heterocycles. The van der Waals surface area contributed by atoms with Gasteiger partial charge >= 0.3 is 0 Å². The van der Waals surface area contributed by atoms with Crippen LogP contribution in [0.25, 0.3) is 10.9 Å². The molecule has 19 heavy (non-hydrogen) atoms. The number of likely N-dealkylation sites (N-methyl/N-ethyl adjacent to an activating group) is 1. The molecule has 0 saturated carbocycles. The standard InChI is InChI=1S/C13H17N3O3/c1-16(7-11(17)8-19-2)13(18)9-3-4-10-6-14-15-12(10)5-9/h3-6,11,17H,7-8H2,1-2H3,(H,14,15). The largest absolute Gasteiger partial charge is 0.389 e. The lowest BCUT2D eigenvalue weighted by molar-refractivity contribution is 0.0380. The molecular formula is C13H17N3O3. The second-order valence-electron chi connectivity index (χ2n) is 4.47. The van der Waals surface area contributed by atoms with Crippen LogP contribution < -0.4 is 0 Å². The van der Waals surface area contributed by atoms with Crippen LogP contribution >= 0.6 is 0 Å². The maximum absolute atomic E-state index is 12.2. The smallest absolute Gasteiger partial charge is 0.253 e. The van der Waals surface area contributed by atoms with E-state index in [1.54, 1.807) is 25.4 Å². The number of hydrogen-bond donors (Lipinski definition) is 2. The fourth-order valence-corrected chi connectivity index (χ4v) is 1.93. The summed E-state index contributed by atoms with van der Waals surface area (Å²) in [6.45, 7) is 0.435. The molecule has 6 nitrogen and oxygen atoms in total. The molecule has 0 saturated heterocycles. The van der Waals surface area contributed by atoms with E-state index in [1.807, 2.05) is 6.07 Å². The second-order valence-corrected chi connectivity index (χ2v) is 4.47. The van der Waals surface area contributed by atoms with E-state index in [0.29, 0.717) is 5.56 Å². The Morgan fingerprint density at radius 3 is 3.11 bits per heavy atom. The summed E-state index contributed by atoms with van der Waals surface area (Å²) in [5, 5.41) is 17.3. The molecule has 1 amide bonds. The number of rotatable bonds is 5. The van der Waals surface area contributed by atoms with E-state index in [2.05, 4.69) is 10.2 Å². The van der Waals surface area contributed by atoms with E-state index in [1.165, 1.54) is 12.0 Å². The van der Waals surface area contributed by atoms with E-state index in [4.69, 9.17) is 4.74 Å². The third-order valence-electron chi connectivity index (χ3n) is 2.88. The van der Waals surface area contributed by atoms with Gasteiger partial charge in [0, 0.05) is 31.7 Å². The molecule has 0 aliphatic heterocycles. The summed E-state index contributed by atoms with van der Waals surface area (Å²) in [5.41, 5.74) is 1.38. The van der Waals surface area contributed by atoms with Crippen LogP contribution in [-0.4, -0.2) is 59.5 Å². The maximum Gasteiger partial charge on any atom is 0.253 e. The van der Waals surface area contributed by atoms with Crippen molar-refractivity contribution in [1.29, 1.82) is 0 Å². The zero-order valence-corrected chi connectivity index (χ0v) is 11.0. The Balaban J connectivity index is 2.09. The van der Waals surface area contributed by atoms with E-state index in [9.17, 15) is 9.90 Å². The van der Waals surface area contributed by atoms with Crippen molar-refractivity contribution in [3.8, 4) is 0 Å². The molecule has 6 heteroatoms. The number of aromatic nitrogens is 2. The highest BCUT2D eigenvalue weighted by Crippen LogP contribution is 2.14. The van der Waals surface area contributed by atoms with Crippen molar-refractivity contribution in [3.63, 3.8) is 0 Å². The number of aliphatic hydroxyl groups is 1. The molecule has 1 aromatic carbocycles. The van der Waals surface area contributed by atoms with Crippen LogP contribution in [0, 0.1) is 0 Å². The van der Waals surface area contributed by atoms with Gasteiger partial charge in [-0.1, -0.05) is 6.07 Å². The highest BCUT2D eigenvalue weighted by Gasteiger charge is 2.15. The summed E-state index contributed by atoms with van der Waals surface area (Å²) in [6, 6.07) is 5.34. The number of H-pyrrole nitrogens is 1. The Hall–Kier alpha value is -1.92. The zero-order chi connectivity index (χ0) is 13.8. The number of aliphatic hydroxyl groups excluding tert-OH is 1. The van der Waals surface area contributed by atoms with Crippen LogP contribution in [0.4, 0.5) is 0 Å². The van der Waals surface area contributed by atoms with Gasteiger partial charge in [0.05, 0.1) is 24.4 Å². The minimum atomic E-state index is -0.685. The Labute approximate surface area is 111 Å². The molecule has 0 bridgehead atoms. The molecule has 1 atom stereocenters. The summed E-state index contributed by atoms with van der Waals surface area (Å²) in [7, 11) is 3.16. The topological polar surface area (TPSA) is 78.5 Å². The van der Waals surface area contributed by atoms with E-state index >= 15 is 0 Å². The second kappa shape index (κ2) is 5.81. The highest BCUT2D eigenvalue weighted by atomic mass is 16.5. The normalized spacial score (nSPS) is 12.6. The molecule has 2 N–H and O–H groups in total. The molecular weight excluding hydrogens is 246 g/mol. The van der Waals surface area contributed by atoms with Crippen LogP contribution in [0.3, 0.4) is 0 Å². The molecule has 0 radical (unpaired) electrons. The van der Waals surface area contributed by atoms with E-state index in [-0.39, 0.29) is 19.1 Å². The Bertz CT molecular complexity index is 567. The van der Waals surface area contributed by atoms with E-state index in [0.717, 1.165) is 10.9 Å².